The van der Waals surface area contributed by atoms with Crippen molar-refractivity contribution in [3.63, 3.8) is 0 Å². The van der Waals surface area contributed by atoms with Crippen LogP contribution in [0.25, 0.3) is 6.08 Å². The molecule has 0 fully saturated rings. The molecule has 0 aliphatic heterocycles. The third kappa shape index (κ3) is 8.13. The molecule has 0 atom stereocenters. The average Bonchev–Trinajstić information content (AvgIpc) is 2.52. The summed E-state index contributed by atoms with van der Waals surface area (Å²) in [4.78, 5) is 11.7. The van der Waals surface area contributed by atoms with Crippen LogP contribution >= 0.6 is 0 Å². The van der Waals surface area contributed by atoms with Crippen LogP contribution in [0, 0.1) is 0 Å². The number of benzene rings is 1. The van der Waals surface area contributed by atoms with Crippen molar-refractivity contribution in [2.75, 3.05) is 6.61 Å². The summed E-state index contributed by atoms with van der Waals surface area (Å²) in [6, 6.07) is 9.83. The first kappa shape index (κ1) is 17.2. The molecule has 0 radical (unpaired) electrons. The van der Waals surface area contributed by atoms with Crippen molar-refractivity contribution >= 4 is 12.0 Å². The Labute approximate surface area is 128 Å². The fourth-order valence-corrected chi connectivity index (χ4v) is 1.97. The van der Waals surface area contributed by atoms with E-state index in [1.54, 1.807) is 6.08 Å². The predicted molar refractivity (Wildman–Crippen MR) is 89.0 cm³/mol. The first-order chi connectivity index (χ1) is 10.2. The molecule has 0 aromatic heterocycles. The van der Waals surface area contributed by atoms with Crippen molar-refractivity contribution in [2.24, 2.45) is 0 Å². The Hall–Kier alpha value is -1.83. The minimum Gasteiger partial charge on any atom is -0.462 e. The Morgan fingerprint density at radius 3 is 2.48 bits per heavy atom. The van der Waals surface area contributed by atoms with E-state index < -0.39 is 0 Å². The van der Waals surface area contributed by atoms with E-state index in [0.29, 0.717) is 12.2 Å². The van der Waals surface area contributed by atoms with E-state index in [-0.39, 0.29) is 5.97 Å². The molecule has 0 heterocycles. The highest BCUT2D eigenvalue weighted by Gasteiger charge is 2.04. The second kappa shape index (κ2) is 10.9. The molecule has 2 heteroatoms. The Balaban J connectivity index is 2.17. The van der Waals surface area contributed by atoms with Crippen LogP contribution in [0.15, 0.2) is 48.6 Å². The van der Waals surface area contributed by atoms with Crippen LogP contribution in [0.4, 0.5) is 0 Å². The lowest BCUT2D eigenvalue weighted by Crippen LogP contribution is -2.06. The van der Waals surface area contributed by atoms with Crippen molar-refractivity contribution in [1.29, 1.82) is 0 Å². The number of carbonyl (C=O) groups is 1. The molecule has 0 unspecified atom stereocenters. The molecule has 1 aromatic rings. The van der Waals surface area contributed by atoms with Crippen LogP contribution in [-0.4, -0.2) is 12.6 Å². The van der Waals surface area contributed by atoms with Crippen LogP contribution in [0.1, 0.15) is 51.0 Å². The standard InChI is InChI=1S/C19H26O2/c1-3-4-5-6-7-11-16-21-19(20)17(2)14-15-18-12-9-8-10-13-18/h8-10,12-15H,2-7,11,16H2,1H3. The first-order valence-corrected chi connectivity index (χ1v) is 7.83. The van der Waals surface area contributed by atoms with Gasteiger partial charge in [0.1, 0.15) is 0 Å². The van der Waals surface area contributed by atoms with Gasteiger partial charge in [0.05, 0.1) is 12.2 Å². The van der Waals surface area contributed by atoms with E-state index >= 15 is 0 Å². The molecule has 1 aromatic carbocycles. The Bertz CT molecular complexity index is 446. The maximum Gasteiger partial charge on any atom is 0.337 e. The molecule has 0 amide bonds. The van der Waals surface area contributed by atoms with Crippen molar-refractivity contribution in [1.82, 2.24) is 0 Å². The van der Waals surface area contributed by atoms with Crippen LogP contribution in [-0.2, 0) is 9.53 Å². The number of unbranched alkanes of at least 4 members (excludes halogenated alkanes) is 5. The summed E-state index contributed by atoms with van der Waals surface area (Å²) in [6.07, 6.45) is 10.7. The smallest absolute Gasteiger partial charge is 0.337 e. The molecule has 0 aliphatic rings. The molecular formula is C19H26O2. The number of carbonyl (C=O) groups excluding carboxylic acids is 1. The zero-order chi connectivity index (χ0) is 15.3. The SMILES string of the molecule is C=C(C=Cc1ccccc1)C(=O)OCCCCCCCC. The number of hydrogen-bond acceptors (Lipinski definition) is 2. The molecule has 1 rings (SSSR count). The van der Waals surface area contributed by atoms with Gasteiger partial charge in [0, 0.05) is 0 Å². The van der Waals surface area contributed by atoms with Gasteiger partial charge in [-0.05, 0) is 18.1 Å². The summed E-state index contributed by atoms with van der Waals surface area (Å²) < 4.78 is 5.21. The zero-order valence-corrected chi connectivity index (χ0v) is 13.0. The van der Waals surface area contributed by atoms with E-state index in [1.165, 1.54) is 25.7 Å². The highest BCUT2D eigenvalue weighted by molar-refractivity contribution is 5.92. The van der Waals surface area contributed by atoms with Gasteiger partial charge in [-0.25, -0.2) is 4.79 Å². The minimum atomic E-state index is -0.323. The van der Waals surface area contributed by atoms with E-state index in [4.69, 9.17) is 4.74 Å². The number of hydrogen-bond donors (Lipinski definition) is 0. The Morgan fingerprint density at radius 1 is 1.10 bits per heavy atom. The van der Waals surface area contributed by atoms with E-state index in [2.05, 4.69) is 13.5 Å². The average molecular weight is 286 g/mol. The van der Waals surface area contributed by atoms with Gasteiger partial charge in [0.15, 0.2) is 0 Å². The number of esters is 1. The molecule has 0 aliphatic carbocycles. The van der Waals surface area contributed by atoms with Crippen LogP contribution < -0.4 is 0 Å². The number of ether oxygens (including phenoxy) is 1. The van der Waals surface area contributed by atoms with Crippen molar-refractivity contribution < 1.29 is 9.53 Å². The van der Waals surface area contributed by atoms with Gasteiger partial charge in [-0.3, -0.25) is 0 Å². The quantitative estimate of drug-likeness (QED) is 0.257. The predicted octanol–water partition coefficient (Wildman–Crippen LogP) is 5.16. The molecule has 21 heavy (non-hydrogen) atoms. The molecule has 0 saturated heterocycles. The first-order valence-electron chi connectivity index (χ1n) is 7.83. The lowest BCUT2D eigenvalue weighted by atomic mass is 10.1. The maximum absolute atomic E-state index is 11.7. The lowest BCUT2D eigenvalue weighted by Gasteiger charge is -2.04. The van der Waals surface area contributed by atoms with Gasteiger partial charge in [-0.2, -0.15) is 0 Å². The molecule has 0 spiro atoms. The highest BCUT2D eigenvalue weighted by Crippen LogP contribution is 2.07. The fraction of sp³-hybridized carbons (Fsp3) is 0.421. The van der Waals surface area contributed by atoms with Crippen molar-refractivity contribution in [3.05, 3.63) is 54.1 Å². The molecule has 0 N–H and O–H groups in total. The second-order valence-electron chi connectivity index (χ2n) is 5.17. The van der Waals surface area contributed by atoms with Gasteiger partial charge >= 0.3 is 5.97 Å². The third-order valence-corrected chi connectivity index (χ3v) is 3.27. The summed E-state index contributed by atoms with van der Waals surface area (Å²) in [7, 11) is 0. The monoisotopic (exact) mass is 286 g/mol. The van der Waals surface area contributed by atoms with Gasteiger partial charge in [0.2, 0.25) is 0 Å². The normalized spacial score (nSPS) is 10.7. The summed E-state index contributed by atoms with van der Waals surface area (Å²) in [6.45, 7) is 6.44. The Morgan fingerprint density at radius 2 is 1.76 bits per heavy atom. The molecule has 0 bridgehead atoms. The fourth-order valence-electron chi connectivity index (χ4n) is 1.97. The maximum atomic E-state index is 11.7. The molecule has 114 valence electrons. The van der Waals surface area contributed by atoms with Gasteiger partial charge in [-0.1, -0.05) is 82.0 Å². The summed E-state index contributed by atoms with van der Waals surface area (Å²) >= 11 is 0. The van der Waals surface area contributed by atoms with E-state index in [0.717, 1.165) is 18.4 Å². The van der Waals surface area contributed by atoms with Gasteiger partial charge in [-0.15, -0.1) is 0 Å². The summed E-state index contributed by atoms with van der Waals surface area (Å²) in [5.41, 5.74) is 1.44. The second-order valence-corrected chi connectivity index (χ2v) is 5.17. The van der Waals surface area contributed by atoms with Crippen LogP contribution in [0.5, 0.6) is 0 Å². The Kier molecular flexibility index (Phi) is 8.94. The lowest BCUT2D eigenvalue weighted by molar-refractivity contribution is -0.138. The topological polar surface area (TPSA) is 26.3 Å². The minimum absolute atomic E-state index is 0.323. The summed E-state index contributed by atoms with van der Waals surface area (Å²) in [5.74, 6) is -0.323. The zero-order valence-electron chi connectivity index (χ0n) is 13.0. The van der Waals surface area contributed by atoms with E-state index in [1.807, 2.05) is 36.4 Å². The van der Waals surface area contributed by atoms with Gasteiger partial charge in [0.25, 0.3) is 0 Å². The van der Waals surface area contributed by atoms with Gasteiger partial charge < -0.3 is 4.74 Å². The van der Waals surface area contributed by atoms with Crippen molar-refractivity contribution in [3.8, 4) is 0 Å². The number of rotatable bonds is 10. The summed E-state index contributed by atoms with van der Waals surface area (Å²) in [5, 5.41) is 0. The van der Waals surface area contributed by atoms with E-state index in [9.17, 15) is 4.79 Å². The van der Waals surface area contributed by atoms with Crippen molar-refractivity contribution in [2.45, 2.75) is 45.4 Å². The molecule has 0 saturated carbocycles. The largest absolute Gasteiger partial charge is 0.462 e. The molecule has 2 nitrogen and oxygen atoms in total. The van der Waals surface area contributed by atoms with Crippen LogP contribution in [0.2, 0.25) is 0 Å². The van der Waals surface area contributed by atoms with Crippen LogP contribution in [0.3, 0.4) is 0 Å². The molecular weight excluding hydrogens is 260 g/mol. The third-order valence-electron chi connectivity index (χ3n) is 3.27. The highest BCUT2D eigenvalue weighted by atomic mass is 16.5.